The van der Waals surface area contributed by atoms with Crippen LogP contribution in [0.15, 0.2) is 99.3 Å². The highest BCUT2D eigenvalue weighted by atomic mass is 35.5. The number of ether oxygens (including phenoxy) is 1. The van der Waals surface area contributed by atoms with Crippen LogP contribution in [0.25, 0.3) is 11.1 Å². The summed E-state index contributed by atoms with van der Waals surface area (Å²) in [6.45, 7) is 6.30. The Hall–Kier alpha value is -5.26. The molecule has 4 aromatic rings. The summed E-state index contributed by atoms with van der Waals surface area (Å²) in [5, 5.41) is 21.9. The molecule has 2 amide bonds. The highest BCUT2D eigenvalue weighted by Gasteiger charge is 2.25. The summed E-state index contributed by atoms with van der Waals surface area (Å²) in [6.07, 6.45) is 0. The topological polar surface area (TPSA) is 151 Å². The highest BCUT2D eigenvalue weighted by molar-refractivity contribution is 6.34. The third-order valence-electron chi connectivity index (χ3n) is 7.06. The molecular weight excluding hydrogens is 655 g/mol. The first-order chi connectivity index (χ1) is 22.9. The van der Waals surface area contributed by atoms with Crippen molar-refractivity contribution in [2.75, 3.05) is 17.7 Å². The summed E-state index contributed by atoms with van der Waals surface area (Å²) in [4.78, 5) is 50.2. The van der Waals surface area contributed by atoms with Gasteiger partial charge in [-0.2, -0.15) is 20.5 Å². The number of azo groups is 2. The van der Waals surface area contributed by atoms with Gasteiger partial charge in [-0.05, 0) is 86.8 Å². The summed E-state index contributed by atoms with van der Waals surface area (Å²) in [7, 11) is 1.47. The van der Waals surface area contributed by atoms with Crippen molar-refractivity contribution in [2.24, 2.45) is 20.5 Å². The van der Waals surface area contributed by atoms with Gasteiger partial charge in [0.05, 0.1) is 22.8 Å². The predicted molar refractivity (Wildman–Crippen MR) is 186 cm³/mol. The minimum absolute atomic E-state index is 0.211. The number of nitrogens with zero attached hydrogens (tertiary/aromatic N) is 4. The maximum Gasteiger partial charge on any atom is 0.258 e. The third-order valence-corrected chi connectivity index (χ3v) is 7.67. The Morgan fingerprint density at radius 1 is 0.667 bits per heavy atom. The van der Waals surface area contributed by atoms with Crippen LogP contribution >= 0.6 is 23.2 Å². The van der Waals surface area contributed by atoms with E-state index >= 15 is 0 Å². The van der Waals surface area contributed by atoms with Gasteiger partial charge in [-0.25, -0.2) is 0 Å². The molecule has 0 bridgehead atoms. The van der Waals surface area contributed by atoms with Gasteiger partial charge < -0.3 is 15.4 Å². The molecular formula is C35H32Cl2N6O5. The van der Waals surface area contributed by atoms with Crippen LogP contribution < -0.4 is 15.4 Å². The van der Waals surface area contributed by atoms with Crippen molar-refractivity contribution in [3.05, 3.63) is 100 Å². The number of methoxy groups -OCH3 is 1. The van der Waals surface area contributed by atoms with Crippen LogP contribution in [0.5, 0.6) is 5.75 Å². The fraction of sp³-hybridized carbons (Fsp3) is 0.200. The van der Waals surface area contributed by atoms with Crippen molar-refractivity contribution >= 4 is 69.3 Å². The molecule has 0 unspecified atom stereocenters. The second kappa shape index (κ2) is 16.0. The molecule has 0 aliphatic rings. The number of amides is 2. The number of rotatable bonds is 12. The average Bonchev–Trinajstić information content (AvgIpc) is 3.03. The van der Waals surface area contributed by atoms with Crippen molar-refractivity contribution < 1.29 is 23.9 Å². The van der Waals surface area contributed by atoms with Crippen molar-refractivity contribution in [1.82, 2.24) is 0 Å². The molecule has 0 spiro atoms. The van der Waals surface area contributed by atoms with Gasteiger partial charge in [-0.1, -0.05) is 65.2 Å². The SMILES string of the molecule is COc1ccccc1NC(=O)[C@@H](N=Nc1ccc(-c2ccc(N=N[C@H](C(C)=O)C(=O)Nc3ccc(C)cc3C)c(Cl)c2)cc1Cl)C(C)=O. The molecule has 11 nitrogen and oxygen atoms in total. The molecule has 0 aliphatic heterocycles. The lowest BCUT2D eigenvalue weighted by Crippen LogP contribution is -2.32. The second-order valence-corrected chi connectivity index (χ2v) is 11.6. The van der Waals surface area contributed by atoms with E-state index in [0.717, 1.165) is 11.1 Å². The molecule has 0 saturated heterocycles. The zero-order chi connectivity index (χ0) is 35.0. The number of ketones is 2. The zero-order valence-electron chi connectivity index (χ0n) is 26.7. The maximum absolute atomic E-state index is 12.9. The van der Waals surface area contributed by atoms with Crippen LogP contribution in [0.4, 0.5) is 22.7 Å². The number of anilines is 2. The van der Waals surface area contributed by atoms with Crippen molar-refractivity contribution in [3.8, 4) is 16.9 Å². The number of Topliss-reactive ketones (excluding diaryl/α,β-unsaturated/α-hetero) is 2. The Balaban J connectivity index is 1.47. The van der Waals surface area contributed by atoms with E-state index in [1.54, 1.807) is 66.7 Å². The van der Waals surface area contributed by atoms with Crippen LogP contribution in [0.2, 0.25) is 10.0 Å². The van der Waals surface area contributed by atoms with E-state index in [4.69, 9.17) is 27.9 Å². The number of carbonyl (C=O) groups is 4. The Morgan fingerprint density at radius 3 is 1.62 bits per heavy atom. The lowest BCUT2D eigenvalue weighted by molar-refractivity contribution is -0.127. The zero-order valence-corrected chi connectivity index (χ0v) is 28.3. The fourth-order valence-corrected chi connectivity index (χ4v) is 4.95. The smallest absolute Gasteiger partial charge is 0.258 e. The van der Waals surface area contributed by atoms with Crippen LogP contribution in [0.1, 0.15) is 25.0 Å². The summed E-state index contributed by atoms with van der Waals surface area (Å²) >= 11 is 13.0. The lowest BCUT2D eigenvalue weighted by atomic mass is 10.0. The van der Waals surface area contributed by atoms with Gasteiger partial charge in [0.25, 0.3) is 11.8 Å². The molecule has 0 aliphatic carbocycles. The summed E-state index contributed by atoms with van der Waals surface area (Å²) < 4.78 is 5.24. The molecule has 246 valence electrons. The molecule has 4 rings (SSSR count). The molecule has 2 N–H and O–H groups in total. The monoisotopic (exact) mass is 686 g/mol. The fourth-order valence-electron chi connectivity index (χ4n) is 4.52. The number of benzene rings is 4. The minimum Gasteiger partial charge on any atom is -0.495 e. The molecule has 0 radical (unpaired) electrons. The van der Waals surface area contributed by atoms with Gasteiger partial charge in [-0.15, -0.1) is 0 Å². The van der Waals surface area contributed by atoms with E-state index in [9.17, 15) is 19.2 Å². The molecule has 4 aromatic carbocycles. The number of halogens is 2. The van der Waals surface area contributed by atoms with E-state index in [1.165, 1.54) is 21.0 Å². The number of nitrogens with one attached hydrogen (secondary N) is 2. The highest BCUT2D eigenvalue weighted by Crippen LogP contribution is 2.35. The number of aryl methyl sites for hydroxylation is 2. The van der Waals surface area contributed by atoms with Crippen LogP contribution in [-0.2, 0) is 19.2 Å². The van der Waals surface area contributed by atoms with Gasteiger partial charge in [0.2, 0.25) is 12.1 Å². The molecule has 0 heterocycles. The first kappa shape index (κ1) is 35.6. The van der Waals surface area contributed by atoms with Crippen molar-refractivity contribution in [3.63, 3.8) is 0 Å². The molecule has 0 fully saturated rings. The first-order valence-corrected chi connectivity index (χ1v) is 15.4. The second-order valence-electron chi connectivity index (χ2n) is 10.8. The molecule has 2 atom stereocenters. The van der Waals surface area contributed by atoms with Gasteiger partial charge in [0, 0.05) is 5.69 Å². The molecule has 13 heteroatoms. The summed E-state index contributed by atoms with van der Waals surface area (Å²) in [5.41, 5.74) is 4.71. The summed E-state index contributed by atoms with van der Waals surface area (Å²) in [5.74, 6) is -1.84. The Kier molecular flexibility index (Phi) is 11.9. The van der Waals surface area contributed by atoms with Crippen molar-refractivity contribution in [1.29, 1.82) is 0 Å². The van der Waals surface area contributed by atoms with Crippen LogP contribution in [0, 0.1) is 13.8 Å². The maximum atomic E-state index is 12.9. The Bertz CT molecular complexity index is 1940. The first-order valence-electron chi connectivity index (χ1n) is 14.6. The van der Waals surface area contributed by atoms with E-state index in [-0.39, 0.29) is 21.4 Å². The van der Waals surface area contributed by atoms with E-state index in [2.05, 4.69) is 31.1 Å². The Labute approximate surface area is 287 Å². The van der Waals surface area contributed by atoms with Gasteiger partial charge >= 0.3 is 0 Å². The van der Waals surface area contributed by atoms with Crippen LogP contribution in [0.3, 0.4) is 0 Å². The van der Waals surface area contributed by atoms with E-state index < -0.39 is 35.5 Å². The lowest BCUT2D eigenvalue weighted by Gasteiger charge is -2.12. The van der Waals surface area contributed by atoms with Gasteiger partial charge in [0.1, 0.15) is 17.1 Å². The largest absolute Gasteiger partial charge is 0.495 e. The number of hydrogen-bond donors (Lipinski definition) is 2. The normalized spacial score (nSPS) is 12.5. The predicted octanol–water partition coefficient (Wildman–Crippen LogP) is 8.65. The molecule has 0 saturated carbocycles. The standard InChI is InChI=1S/C35H32Cl2N6O5/c1-19-10-13-27(20(2)16-19)38-34(46)32(21(3)44)42-40-28-14-11-23(17-25(28)36)24-12-15-29(26(37)18-24)41-43-33(22(4)45)35(47)39-30-8-6-7-9-31(30)48-5/h6-18,32-33H,1-5H3,(H,38,46)(H,39,47)/t32-,33+/m1/s1. The summed E-state index contributed by atoms with van der Waals surface area (Å²) in [6, 6.07) is 19.4. The van der Waals surface area contributed by atoms with E-state index in [0.29, 0.717) is 28.3 Å². The molecule has 48 heavy (non-hydrogen) atoms. The van der Waals surface area contributed by atoms with Gasteiger partial charge in [0.15, 0.2) is 11.6 Å². The van der Waals surface area contributed by atoms with Crippen molar-refractivity contribution in [2.45, 2.75) is 39.8 Å². The number of carbonyl (C=O) groups excluding carboxylic acids is 4. The quantitative estimate of drug-likeness (QED) is 0.113. The number of para-hydroxylation sites is 2. The Morgan fingerprint density at radius 2 is 1.17 bits per heavy atom. The molecule has 0 aromatic heterocycles. The minimum atomic E-state index is -1.41. The van der Waals surface area contributed by atoms with Gasteiger partial charge in [-0.3, -0.25) is 19.2 Å². The van der Waals surface area contributed by atoms with E-state index in [1.807, 2.05) is 26.0 Å². The van der Waals surface area contributed by atoms with Crippen LogP contribution in [-0.4, -0.2) is 42.6 Å². The third kappa shape index (κ3) is 8.96. The average molecular weight is 688 g/mol. The number of hydrogen-bond acceptors (Lipinski definition) is 9.